The van der Waals surface area contributed by atoms with Crippen molar-refractivity contribution in [1.82, 2.24) is 0 Å². The summed E-state index contributed by atoms with van der Waals surface area (Å²) in [5.74, 6) is 0.720. The summed E-state index contributed by atoms with van der Waals surface area (Å²) >= 11 is 6.12. The lowest BCUT2D eigenvalue weighted by Gasteiger charge is -2.27. The minimum atomic E-state index is -0.599. The van der Waals surface area contributed by atoms with Crippen LogP contribution < -0.4 is 24.7 Å². The Kier molecular flexibility index (Phi) is 7.67. The number of benzene rings is 3. The van der Waals surface area contributed by atoms with E-state index in [1.165, 1.54) is 0 Å². The number of nitrogens with two attached hydrogens (primary N) is 1. The third-order valence-corrected chi connectivity index (χ3v) is 5.89. The predicted molar refractivity (Wildman–Crippen MR) is 136 cm³/mol. The van der Waals surface area contributed by atoms with Crippen LogP contribution in [0.4, 0.5) is 0 Å². The third kappa shape index (κ3) is 5.09. The number of nitrogens with zero attached hydrogens (tertiary/aromatic N) is 1. The number of allylic oxidation sites excluding steroid dienone is 1. The van der Waals surface area contributed by atoms with Crippen molar-refractivity contribution in [1.29, 1.82) is 5.26 Å². The summed E-state index contributed by atoms with van der Waals surface area (Å²) in [5.41, 5.74) is 8.14. The van der Waals surface area contributed by atoms with Crippen LogP contribution in [0, 0.1) is 11.3 Å². The van der Waals surface area contributed by atoms with Crippen LogP contribution in [0.2, 0.25) is 5.02 Å². The van der Waals surface area contributed by atoms with Gasteiger partial charge in [-0.15, -0.1) is 0 Å². The number of halogens is 1. The van der Waals surface area contributed by atoms with Crippen LogP contribution in [-0.2, 0) is 0 Å². The number of esters is 1. The van der Waals surface area contributed by atoms with Crippen LogP contribution in [0.5, 0.6) is 23.0 Å². The zero-order valence-corrected chi connectivity index (χ0v) is 20.7. The molecule has 8 heteroatoms. The van der Waals surface area contributed by atoms with Gasteiger partial charge < -0.3 is 24.7 Å². The van der Waals surface area contributed by atoms with E-state index in [1.54, 1.807) is 42.5 Å². The third-order valence-electron chi connectivity index (χ3n) is 5.56. The Bertz CT molecular complexity index is 1360. The fourth-order valence-corrected chi connectivity index (χ4v) is 4.15. The van der Waals surface area contributed by atoms with Crippen molar-refractivity contribution in [3.63, 3.8) is 0 Å². The second-order valence-electron chi connectivity index (χ2n) is 7.98. The van der Waals surface area contributed by atoms with Crippen LogP contribution >= 0.6 is 11.6 Å². The quantitative estimate of drug-likeness (QED) is 0.298. The molecule has 1 aliphatic heterocycles. The molecule has 0 saturated carbocycles. The van der Waals surface area contributed by atoms with E-state index in [0.29, 0.717) is 41.0 Å². The molecule has 0 radical (unpaired) electrons. The SMILES string of the molecule is CCCOc1ccc(C2C(C#N)=C(N)Oc3cc(OC(=O)c4ccccc4Cl)ccc32)cc1OCC. The molecule has 0 aliphatic carbocycles. The van der Waals surface area contributed by atoms with Crippen molar-refractivity contribution in [2.75, 3.05) is 13.2 Å². The average molecular weight is 505 g/mol. The highest BCUT2D eigenvalue weighted by Gasteiger charge is 2.32. The highest BCUT2D eigenvalue weighted by molar-refractivity contribution is 6.33. The van der Waals surface area contributed by atoms with Gasteiger partial charge in [0, 0.05) is 11.6 Å². The predicted octanol–water partition coefficient (Wildman–Crippen LogP) is 5.96. The molecule has 3 aromatic rings. The molecule has 0 aromatic heterocycles. The molecule has 7 nitrogen and oxygen atoms in total. The lowest BCUT2D eigenvalue weighted by atomic mass is 9.83. The van der Waals surface area contributed by atoms with Gasteiger partial charge in [0.2, 0.25) is 5.88 Å². The standard InChI is InChI=1S/C28H25ClN2O5/c1-3-13-34-23-12-9-17(14-25(23)33-4-2)26-20-11-10-18(15-24(20)36-27(31)21(26)16-30)35-28(32)19-7-5-6-8-22(19)29/h5-12,14-15,26H,3-4,13,31H2,1-2H3. The van der Waals surface area contributed by atoms with Gasteiger partial charge in [-0.2, -0.15) is 5.26 Å². The first-order chi connectivity index (χ1) is 17.5. The number of nitriles is 1. The zero-order valence-electron chi connectivity index (χ0n) is 19.9. The van der Waals surface area contributed by atoms with Crippen molar-refractivity contribution in [2.24, 2.45) is 5.73 Å². The highest BCUT2D eigenvalue weighted by Crippen LogP contribution is 2.45. The van der Waals surface area contributed by atoms with E-state index in [1.807, 2.05) is 32.0 Å². The van der Waals surface area contributed by atoms with Gasteiger partial charge in [-0.05, 0) is 49.2 Å². The summed E-state index contributed by atoms with van der Waals surface area (Å²) < 4.78 is 22.9. The van der Waals surface area contributed by atoms with Gasteiger partial charge >= 0.3 is 5.97 Å². The average Bonchev–Trinajstić information content (AvgIpc) is 2.87. The second kappa shape index (κ2) is 11.1. The smallest absolute Gasteiger partial charge is 0.345 e. The first-order valence-corrected chi connectivity index (χ1v) is 11.9. The Morgan fingerprint density at radius 3 is 2.61 bits per heavy atom. The molecule has 184 valence electrons. The molecule has 0 fully saturated rings. The first kappa shape index (κ1) is 25.0. The summed E-state index contributed by atoms with van der Waals surface area (Å²) in [5, 5.41) is 10.2. The molecule has 3 aromatic carbocycles. The van der Waals surface area contributed by atoms with Crippen LogP contribution in [-0.4, -0.2) is 19.2 Å². The molecule has 1 heterocycles. The lowest BCUT2D eigenvalue weighted by molar-refractivity contribution is 0.0734. The van der Waals surface area contributed by atoms with Crippen molar-refractivity contribution in [3.05, 3.63) is 93.8 Å². The maximum Gasteiger partial charge on any atom is 0.345 e. The largest absolute Gasteiger partial charge is 0.490 e. The van der Waals surface area contributed by atoms with E-state index in [9.17, 15) is 10.1 Å². The zero-order chi connectivity index (χ0) is 25.7. The number of rotatable bonds is 8. The minimum Gasteiger partial charge on any atom is -0.490 e. The van der Waals surface area contributed by atoms with Gasteiger partial charge in [-0.25, -0.2) is 4.79 Å². The Hall–Kier alpha value is -4.15. The highest BCUT2D eigenvalue weighted by atomic mass is 35.5. The van der Waals surface area contributed by atoms with Crippen molar-refractivity contribution in [2.45, 2.75) is 26.2 Å². The molecule has 36 heavy (non-hydrogen) atoms. The monoisotopic (exact) mass is 504 g/mol. The van der Waals surface area contributed by atoms with E-state index in [-0.39, 0.29) is 22.8 Å². The van der Waals surface area contributed by atoms with E-state index in [4.69, 9.17) is 36.3 Å². The van der Waals surface area contributed by atoms with Crippen molar-refractivity contribution < 1.29 is 23.7 Å². The fraction of sp³-hybridized carbons (Fsp3) is 0.214. The van der Waals surface area contributed by atoms with E-state index < -0.39 is 11.9 Å². The summed E-state index contributed by atoms with van der Waals surface area (Å²) in [6.45, 7) is 4.94. The second-order valence-corrected chi connectivity index (χ2v) is 8.39. The number of hydrogen-bond acceptors (Lipinski definition) is 7. The number of carbonyl (C=O) groups excluding carboxylic acids is 1. The van der Waals surface area contributed by atoms with Crippen LogP contribution in [0.1, 0.15) is 47.7 Å². The van der Waals surface area contributed by atoms with Crippen LogP contribution in [0.15, 0.2) is 72.1 Å². The molecule has 2 N–H and O–H groups in total. The van der Waals surface area contributed by atoms with E-state index in [0.717, 1.165) is 12.0 Å². The Balaban J connectivity index is 1.70. The molecule has 4 rings (SSSR count). The van der Waals surface area contributed by atoms with Gasteiger partial charge in [0.05, 0.1) is 29.7 Å². The number of carbonyl (C=O) groups is 1. The van der Waals surface area contributed by atoms with Gasteiger partial charge in [-0.3, -0.25) is 0 Å². The number of fused-ring (bicyclic) bond motifs is 1. The summed E-state index contributed by atoms with van der Waals surface area (Å²) in [4.78, 5) is 12.6. The van der Waals surface area contributed by atoms with Crippen molar-refractivity contribution in [3.8, 4) is 29.1 Å². The summed E-state index contributed by atoms with van der Waals surface area (Å²) in [6.07, 6.45) is 0.863. The van der Waals surface area contributed by atoms with Gasteiger partial charge in [0.25, 0.3) is 0 Å². The Labute approximate surface area is 214 Å². The minimum absolute atomic E-state index is 0.0196. The normalized spacial score (nSPS) is 14.3. The molecule has 0 saturated heterocycles. The van der Waals surface area contributed by atoms with Crippen molar-refractivity contribution >= 4 is 17.6 Å². The Morgan fingerprint density at radius 1 is 1.08 bits per heavy atom. The maximum absolute atomic E-state index is 12.6. The Morgan fingerprint density at radius 2 is 1.89 bits per heavy atom. The van der Waals surface area contributed by atoms with E-state index >= 15 is 0 Å². The van der Waals surface area contributed by atoms with Gasteiger partial charge in [-0.1, -0.05) is 42.8 Å². The van der Waals surface area contributed by atoms with Gasteiger partial charge in [0.15, 0.2) is 11.5 Å². The number of ether oxygens (including phenoxy) is 4. The molecular weight excluding hydrogens is 480 g/mol. The molecule has 0 spiro atoms. The van der Waals surface area contributed by atoms with Gasteiger partial charge in [0.1, 0.15) is 23.1 Å². The maximum atomic E-state index is 12.6. The first-order valence-electron chi connectivity index (χ1n) is 11.5. The summed E-state index contributed by atoms with van der Waals surface area (Å²) in [6, 6.07) is 19.3. The number of hydrogen-bond donors (Lipinski definition) is 1. The van der Waals surface area contributed by atoms with Crippen LogP contribution in [0.3, 0.4) is 0 Å². The van der Waals surface area contributed by atoms with E-state index in [2.05, 4.69) is 6.07 Å². The van der Waals surface area contributed by atoms with Crippen LogP contribution in [0.25, 0.3) is 0 Å². The molecular formula is C28H25ClN2O5. The lowest BCUT2D eigenvalue weighted by Crippen LogP contribution is -2.21. The fourth-order valence-electron chi connectivity index (χ4n) is 3.93. The molecule has 0 bridgehead atoms. The summed E-state index contributed by atoms with van der Waals surface area (Å²) in [7, 11) is 0. The molecule has 1 atom stereocenters. The molecule has 1 unspecified atom stereocenters. The topological polar surface area (TPSA) is 104 Å². The molecule has 1 aliphatic rings. The molecule has 0 amide bonds.